The van der Waals surface area contributed by atoms with Crippen molar-refractivity contribution in [1.29, 1.82) is 0 Å². The van der Waals surface area contributed by atoms with Crippen molar-refractivity contribution in [2.75, 3.05) is 0 Å². The molecular formula is C20H42O2. The van der Waals surface area contributed by atoms with Crippen LogP contribution in [0.25, 0.3) is 0 Å². The van der Waals surface area contributed by atoms with E-state index in [1.165, 1.54) is 32.1 Å². The number of aliphatic hydroxyl groups excluding tert-OH is 2. The molecule has 0 heterocycles. The molecule has 0 aromatic rings. The predicted molar refractivity (Wildman–Crippen MR) is 97.0 cm³/mol. The molecule has 0 saturated heterocycles. The van der Waals surface area contributed by atoms with Gasteiger partial charge in [-0.15, -0.1) is 0 Å². The van der Waals surface area contributed by atoms with Crippen LogP contribution in [0.4, 0.5) is 0 Å². The van der Waals surface area contributed by atoms with E-state index < -0.39 is 0 Å². The molecule has 2 rings (SSSR count). The molecule has 0 aromatic carbocycles. The monoisotopic (exact) mass is 314 g/mol. The zero-order valence-corrected chi connectivity index (χ0v) is 16.1. The summed E-state index contributed by atoms with van der Waals surface area (Å²) in [6.45, 7) is 13.1. The standard InChI is InChI=1S/C15H28O2.C3H8.C2H6/c1-15(2,11-3-7-13(16)8-4-11)12-5-9-14(17)10-6-12;1-3-2;1-2/h11-14,16-17H,3-10H2,1-2H3;3H2,1-2H3;1-2H3. The van der Waals surface area contributed by atoms with Crippen LogP contribution in [0.2, 0.25) is 0 Å². The first-order chi connectivity index (χ1) is 10.4. The van der Waals surface area contributed by atoms with Crippen LogP contribution in [0.15, 0.2) is 0 Å². The molecule has 2 N–H and O–H groups in total. The van der Waals surface area contributed by atoms with E-state index in [9.17, 15) is 10.2 Å². The third-order valence-corrected chi connectivity index (χ3v) is 5.50. The lowest BCUT2D eigenvalue weighted by Gasteiger charge is -2.46. The van der Waals surface area contributed by atoms with Crippen LogP contribution < -0.4 is 0 Å². The van der Waals surface area contributed by atoms with Gasteiger partial charge in [0.15, 0.2) is 0 Å². The SMILES string of the molecule is CC.CC(C)(C1CCC(O)CC1)C1CCC(O)CC1.CCC. The lowest BCUT2D eigenvalue weighted by molar-refractivity contribution is 0.00233. The van der Waals surface area contributed by atoms with E-state index in [0.29, 0.717) is 5.41 Å². The first-order valence-corrected chi connectivity index (χ1v) is 9.77. The summed E-state index contributed by atoms with van der Waals surface area (Å²) in [5.74, 6) is 1.54. The number of hydrogen-bond acceptors (Lipinski definition) is 2. The highest BCUT2D eigenvalue weighted by atomic mass is 16.3. The second kappa shape index (κ2) is 11.5. The number of hydrogen-bond donors (Lipinski definition) is 2. The first kappa shape index (κ1) is 21.9. The van der Waals surface area contributed by atoms with E-state index in [0.717, 1.165) is 37.5 Å². The molecule has 0 bridgehead atoms. The molecule has 2 aliphatic rings. The van der Waals surface area contributed by atoms with Gasteiger partial charge in [-0.05, 0) is 68.6 Å². The molecule has 0 unspecified atom stereocenters. The van der Waals surface area contributed by atoms with Crippen LogP contribution in [0, 0.1) is 17.3 Å². The van der Waals surface area contributed by atoms with Gasteiger partial charge in [-0.3, -0.25) is 0 Å². The topological polar surface area (TPSA) is 40.5 Å². The third-order valence-electron chi connectivity index (χ3n) is 5.50. The summed E-state index contributed by atoms with van der Waals surface area (Å²) in [6.07, 6.45) is 9.87. The average Bonchev–Trinajstić information content (AvgIpc) is 2.51. The van der Waals surface area contributed by atoms with Crippen molar-refractivity contribution in [3.8, 4) is 0 Å². The van der Waals surface area contributed by atoms with E-state index in [4.69, 9.17) is 0 Å². The summed E-state index contributed by atoms with van der Waals surface area (Å²) >= 11 is 0. The summed E-state index contributed by atoms with van der Waals surface area (Å²) in [5.41, 5.74) is 0.389. The van der Waals surface area contributed by atoms with Crippen LogP contribution in [0.5, 0.6) is 0 Å². The van der Waals surface area contributed by atoms with Gasteiger partial charge in [0.1, 0.15) is 0 Å². The van der Waals surface area contributed by atoms with Crippen molar-refractivity contribution < 1.29 is 10.2 Å². The molecule has 2 nitrogen and oxygen atoms in total. The van der Waals surface area contributed by atoms with E-state index in [1.54, 1.807) is 0 Å². The Morgan fingerprint density at radius 2 is 0.909 bits per heavy atom. The first-order valence-electron chi connectivity index (χ1n) is 9.77. The molecule has 2 fully saturated rings. The maximum absolute atomic E-state index is 9.60. The van der Waals surface area contributed by atoms with Gasteiger partial charge in [-0.2, -0.15) is 0 Å². The molecule has 0 amide bonds. The van der Waals surface area contributed by atoms with E-state index in [-0.39, 0.29) is 12.2 Å². The van der Waals surface area contributed by atoms with Gasteiger partial charge in [0.2, 0.25) is 0 Å². The average molecular weight is 315 g/mol. The fourth-order valence-corrected chi connectivity index (χ4v) is 3.97. The van der Waals surface area contributed by atoms with E-state index in [1.807, 2.05) is 13.8 Å². The van der Waals surface area contributed by atoms with Crippen molar-refractivity contribution in [1.82, 2.24) is 0 Å². The summed E-state index contributed by atoms with van der Waals surface area (Å²) in [5, 5.41) is 19.2. The molecule has 2 heteroatoms. The lowest BCUT2D eigenvalue weighted by Crippen LogP contribution is -2.38. The normalized spacial score (nSPS) is 32.2. The molecule has 2 saturated carbocycles. The third kappa shape index (κ3) is 7.00. The van der Waals surface area contributed by atoms with Crippen molar-refractivity contribution in [2.24, 2.45) is 17.3 Å². The minimum Gasteiger partial charge on any atom is -0.393 e. The van der Waals surface area contributed by atoms with Crippen molar-refractivity contribution in [3.63, 3.8) is 0 Å². The zero-order chi connectivity index (χ0) is 17.2. The number of rotatable bonds is 2. The highest BCUT2D eigenvalue weighted by Crippen LogP contribution is 2.48. The molecular weight excluding hydrogens is 272 g/mol. The van der Waals surface area contributed by atoms with Gasteiger partial charge >= 0.3 is 0 Å². The summed E-state index contributed by atoms with van der Waals surface area (Å²) < 4.78 is 0. The summed E-state index contributed by atoms with van der Waals surface area (Å²) in [4.78, 5) is 0. The predicted octanol–water partition coefficient (Wildman–Crippen LogP) is 5.56. The van der Waals surface area contributed by atoms with Crippen LogP contribution in [0.1, 0.15) is 99.3 Å². The van der Waals surface area contributed by atoms with Crippen LogP contribution in [-0.2, 0) is 0 Å². The fraction of sp³-hybridized carbons (Fsp3) is 1.00. The Kier molecular flexibility index (Phi) is 11.4. The zero-order valence-electron chi connectivity index (χ0n) is 16.1. The van der Waals surface area contributed by atoms with Crippen LogP contribution in [-0.4, -0.2) is 22.4 Å². The molecule has 0 spiro atoms. The molecule has 0 radical (unpaired) electrons. The Morgan fingerprint density at radius 1 is 0.682 bits per heavy atom. The van der Waals surface area contributed by atoms with Gasteiger partial charge in [-0.1, -0.05) is 48.0 Å². The maximum atomic E-state index is 9.60. The van der Waals surface area contributed by atoms with Crippen molar-refractivity contribution in [3.05, 3.63) is 0 Å². The quantitative estimate of drug-likeness (QED) is 0.700. The van der Waals surface area contributed by atoms with Crippen LogP contribution in [0.3, 0.4) is 0 Å². The molecule has 134 valence electrons. The minimum atomic E-state index is -0.0461. The van der Waals surface area contributed by atoms with Gasteiger partial charge in [0.25, 0.3) is 0 Å². The fourth-order valence-electron chi connectivity index (χ4n) is 3.97. The highest BCUT2D eigenvalue weighted by molar-refractivity contribution is 4.90. The summed E-state index contributed by atoms with van der Waals surface area (Å²) in [7, 11) is 0. The lowest BCUT2D eigenvalue weighted by atomic mass is 9.60. The molecule has 0 aromatic heterocycles. The van der Waals surface area contributed by atoms with E-state index >= 15 is 0 Å². The van der Waals surface area contributed by atoms with Crippen LogP contribution >= 0.6 is 0 Å². The highest BCUT2D eigenvalue weighted by Gasteiger charge is 2.39. The Labute approximate surface area is 139 Å². The van der Waals surface area contributed by atoms with Gasteiger partial charge < -0.3 is 10.2 Å². The largest absolute Gasteiger partial charge is 0.393 e. The molecule has 22 heavy (non-hydrogen) atoms. The Morgan fingerprint density at radius 3 is 1.14 bits per heavy atom. The van der Waals surface area contributed by atoms with Gasteiger partial charge in [0, 0.05) is 0 Å². The van der Waals surface area contributed by atoms with Crippen molar-refractivity contribution in [2.45, 2.75) is 112 Å². The minimum absolute atomic E-state index is 0.0461. The summed E-state index contributed by atoms with van der Waals surface area (Å²) in [6, 6.07) is 0. The van der Waals surface area contributed by atoms with Gasteiger partial charge in [0.05, 0.1) is 12.2 Å². The second-order valence-corrected chi connectivity index (χ2v) is 7.54. The maximum Gasteiger partial charge on any atom is 0.0540 e. The number of aliphatic hydroxyl groups is 2. The van der Waals surface area contributed by atoms with Gasteiger partial charge in [-0.25, -0.2) is 0 Å². The Balaban J connectivity index is 0.000000789. The Hall–Kier alpha value is -0.0800. The van der Waals surface area contributed by atoms with E-state index in [2.05, 4.69) is 27.7 Å². The molecule has 0 aliphatic heterocycles. The molecule has 2 aliphatic carbocycles. The second-order valence-electron chi connectivity index (χ2n) is 7.54. The Bertz CT molecular complexity index is 222. The smallest absolute Gasteiger partial charge is 0.0540 e. The molecule has 0 atom stereocenters. The van der Waals surface area contributed by atoms with Crippen molar-refractivity contribution >= 4 is 0 Å².